The molecule has 0 fully saturated rings. The van der Waals surface area contributed by atoms with Crippen LogP contribution in [0.25, 0.3) is 0 Å². The third-order valence-corrected chi connectivity index (χ3v) is 1.70. The fourth-order valence-electron chi connectivity index (χ4n) is 1.09. The van der Waals surface area contributed by atoms with Crippen molar-refractivity contribution in [3.05, 3.63) is 11.7 Å². The second-order valence-electron chi connectivity index (χ2n) is 3.56. The van der Waals surface area contributed by atoms with Crippen molar-refractivity contribution in [3.8, 4) is 0 Å². The van der Waals surface area contributed by atoms with Gasteiger partial charge in [-0.3, -0.25) is 4.79 Å². The van der Waals surface area contributed by atoms with E-state index in [4.69, 9.17) is 16.0 Å². The van der Waals surface area contributed by atoms with Gasteiger partial charge in [0.1, 0.15) is 0 Å². The predicted molar refractivity (Wildman–Crippen MR) is 49.2 cm³/mol. The quantitative estimate of drug-likeness (QED) is 0.719. The predicted octanol–water partition coefficient (Wildman–Crippen LogP) is 0.214. The monoisotopic (exact) mass is 198 g/mol. The maximum atomic E-state index is 10.7. The molecule has 1 atom stereocenters. The summed E-state index contributed by atoms with van der Waals surface area (Å²) >= 11 is 0. The second-order valence-corrected chi connectivity index (χ2v) is 3.56. The number of hydrogen-bond acceptors (Lipinski definition) is 5. The molecular weight excluding hydrogens is 184 g/mol. The largest absolute Gasteiger partial charge is 0.363 e. The van der Waals surface area contributed by atoms with Gasteiger partial charge < -0.3 is 16.0 Å². The Balaban J connectivity index is 2.71. The van der Waals surface area contributed by atoms with Gasteiger partial charge in [-0.05, 0) is 12.3 Å². The lowest BCUT2D eigenvalue weighted by atomic mass is 10.0. The number of primary amides is 1. The first-order chi connectivity index (χ1) is 6.50. The Morgan fingerprint density at radius 3 is 2.64 bits per heavy atom. The summed E-state index contributed by atoms with van der Waals surface area (Å²) in [6.45, 7) is 4.07. The first kappa shape index (κ1) is 10.6. The molecule has 1 amide bonds. The summed E-state index contributed by atoms with van der Waals surface area (Å²) in [4.78, 5) is 14.4. The van der Waals surface area contributed by atoms with Crippen molar-refractivity contribution in [2.24, 2.45) is 17.4 Å². The topological polar surface area (TPSA) is 108 Å². The third kappa shape index (κ3) is 2.53. The Labute approximate surface area is 81.6 Å². The number of nitrogens with zero attached hydrogens (tertiary/aromatic N) is 2. The lowest BCUT2D eigenvalue weighted by Gasteiger charge is -2.08. The molecule has 0 aliphatic heterocycles. The summed E-state index contributed by atoms with van der Waals surface area (Å²) in [6.07, 6.45) is 0.723. The van der Waals surface area contributed by atoms with Gasteiger partial charge in [-0.1, -0.05) is 19.0 Å². The van der Waals surface area contributed by atoms with Crippen molar-refractivity contribution in [1.29, 1.82) is 0 Å². The van der Waals surface area contributed by atoms with E-state index in [0.29, 0.717) is 5.92 Å². The van der Waals surface area contributed by atoms with Gasteiger partial charge in [0.15, 0.2) is 0 Å². The average Bonchev–Trinajstić information content (AvgIpc) is 2.50. The second kappa shape index (κ2) is 4.19. The molecule has 14 heavy (non-hydrogen) atoms. The number of amides is 1. The van der Waals surface area contributed by atoms with Crippen LogP contribution >= 0.6 is 0 Å². The molecule has 4 N–H and O–H groups in total. The van der Waals surface area contributed by atoms with E-state index in [1.54, 1.807) is 0 Å². The maximum Gasteiger partial charge on any atom is 0.290 e. The summed E-state index contributed by atoms with van der Waals surface area (Å²) < 4.78 is 4.80. The molecule has 0 unspecified atom stereocenters. The lowest BCUT2D eigenvalue weighted by molar-refractivity contribution is 0.0987. The van der Waals surface area contributed by atoms with E-state index < -0.39 is 5.91 Å². The first-order valence-corrected chi connectivity index (χ1v) is 4.39. The standard InChI is InChI=1S/C8H14N4O2/c1-4(2)3-5(9)8-11-7(6(10)13)12-14-8/h4-5H,3,9H2,1-2H3,(H2,10,13)/t5-/m0/s1. The van der Waals surface area contributed by atoms with Gasteiger partial charge in [-0.2, -0.15) is 4.98 Å². The molecule has 6 nitrogen and oxygen atoms in total. The molecule has 0 bridgehead atoms. The van der Waals surface area contributed by atoms with Crippen LogP contribution in [0.15, 0.2) is 4.52 Å². The van der Waals surface area contributed by atoms with E-state index in [-0.39, 0.29) is 17.8 Å². The van der Waals surface area contributed by atoms with Crippen LogP contribution in [0.3, 0.4) is 0 Å². The molecule has 1 aromatic rings. The smallest absolute Gasteiger partial charge is 0.290 e. The Hall–Kier alpha value is -1.43. The molecule has 1 aromatic heterocycles. The zero-order valence-electron chi connectivity index (χ0n) is 8.23. The lowest BCUT2D eigenvalue weighted by Crippen LogP contribution is -2.15. The number of carbonyl (C=O) groups is 1. The zero-order valence-corrected chi connectivity index (χ0v) is 8.23. The van der Waals surface area contributed by atoms with Crippen molar-refractivity contribution in [2.75, 3.05) is 0 Å². The van der Waals surface area contributed by atoms with E-state index in [9.17, 15) is 4.79 Å². The Morgan fingerprint density at radius 2 is 2.21 bits per heavy atom. The molecule has 0 aromatic carbocycles. The van der Waals surface area contributed by atoms with Crippen LogP contribution in [0.2, 0.25) is 0 Å². The van der Waals surface area contributed by atoms with Gasteiger partial charge in [-0.25, -0.2) is 0 Å². The number of carbonyl (C=O) groups excluding carboxylic acids is 1. The fourth-order valence-corrected chi connectivity index (χ4v) is 1.09. The first-order valence-electron chi connectivity index (χ1n) is 4.39. The van der Waals surface area contributed by atoms with Crippen molar-refractivity contribution < 1.29 is 9.32 Å². The summed E-state index contributed by atoms with van der Waals surface area (Å²) in [5.74, 6) is -0.155. The van der Waals surface area contributed by atoms with Crippen molar-refractivity contribution >= 4 is 5.91 Å². The molecule has 0 aliphatic rings. The average molecular weight is 198 g/mol. The van der Waals surface area contributed by atoms with Crippen molar-refractivity contribution in [1.82, 2.24) is 10.1 Å². The van der Waals surface area contributed by atoms with E-state index in [1.807, 2.05) is 13.8 Å². The molecule has 6 heteroatoms. The number of hydrogen-bond donors (Lipinski definition) is 2. The van der Waals surface area contributed by atoms with E-state index in [0.717, 1.165) is 6.42 Å². The highest BCUT2D eigenvalue weighted by atomic mass is 16.5. The minimum absolute atomic E-state index is 0.126. The summed E-state index contributed by atoms with van der Waals surface area (Å²) in [5.41, 5.74) is 10.7. The highest BCUT2D eigenvalue weighted by Gasteiger charge is 2.17. The third-order valence-electron chi connectivity index (χ3n) is 1.70. The van der Waals surface area contributed by atoms with E-state index in [1.165, 1.54) is 0 Å². The Morgan fingerprint density at radius 1 is 1.57 bits per heavy atom. The van der Waals surface area contributed by atoms with Crippen molar-refractivity contribution in [2.45, 2.75) is 26.3 Å². The summed E-state index contributed by atoms with van der Waals surface area (Å²) in [5, 5.41) is 3.40. The van der Waals surface area contributed by atoms with E-state index >= 15 is 0 Å². The Kier molecular flexibility index (Phi) is 3.19. The minimum atomic E-state index is -0.711. The van der Waals surface area contributed by atoms with Gasteiger partial charge in [0.2, 0.25) is 5.89 Å². The van der Waals surface area contributed by atoms with Crippen LogP contribution in [0.1, 0.15) is 42.8 Å². The van der Waals surface area contributed by atoms with Crippen molar-refractivity contribution in [3.63, 3.8) is 0 Å². The number of aromatic nitrogens is 2. The number of nitrogens with two attached hydrogens (primary N) is 2. The zero-order chi connectivity index (χ0) is 10.7. The van der Waals surface area contributed by atoms with Gasteiger partial charge in [-0.15, -0.1) is 0 Å². The SMILES string of the molecule is CC(C)C[C@H](N)c1nc(C(N)=O)no1. The Bertz CT molecular complexity index is 321. The highest BCUT2D eigenvalue weighted by molar-refractivity contribution is 5.88. The highest BCUT2D eigenvalue weighted by Crippen LogP contribution is 2.16. The maximum absolute atomic E-state index is 10.7. The van der Waals surface area contributed by atoms with Crippen LogP contribution < -0.4 is 11.5 Å². The van der Waals surface area contributed by atoms with Gasteiger partial charge >= 0.3 is 0 Å². The summed E-state index contributed by atoms with van der Waals surface area (Å²) in [6, 6.07) is -0.337. The van der Waals surface area contributed by atoms with Gasteiger partial charge in [0.25, 0.3) is 11.7 Å². The fraction of sp³-hybridized carbons (Fsp3) is 0.625. The minimum Gasteiger partial charge on any atom is -0.363 e. The van der Waals surface area contributed by atoms with Gasteiger partial charge in [0.05, 0.1) is 6.04 Å². The molecule has 0 radical (unpaired) electrons. The van der Waals surface area contributed by atoms with Gasteiger partial charge in [0, 0.05) is 0 Å². The van der Waals surface area contributed by atoms with Crippen LogP contribution in [-0.2, 0) is 0 Å². The molecule has 1 rings (SSSR count). The van der Waals surface area contributed by atoms with Crippen LogP contribution in [0.4, 0.5) is 0 Å². The van der Waals surface area contributed by atoms with Crippen LogP contribution in [-0.4, -0.2) is 16.0 Å². The molecular formula is C8H14N4O2. The molecule has 1 heterocycles. The van der Waals surface area contributed by atoms with E-state index in [2.05, 4.69) is 10.1 Å². The van der Waals surface area contributed by atoms with Crippen LogP contribution in [0.5, 0.6) is 0 Å². The molecule has 0 saturated carbocycles. The van der Waals surface area contributed by atoms with Crippen LogP contribution in [0, 0.1) is 5.92 Å². The molecule has 0 spiro atoms. The number of rotatable bonds is 4. The molecule has 0 aliphatic carbocycles. The molecule has 78 valence electrons. The normalized spacial score (nSPS) is 13.1. The molecule has 0 saturated heterocycles. The summed E-state index contributed by atoms with van der Waals surface area (Å²) in [7, 11) is 0.